The number of nitrogens with zero attached hydrogens (tertiary/aromatic N) is 1. The monoisotopic (exact) mass is 241 g/mol. The maximum Gasteiger partial charge on any atom is 0.357 e. The van der Waals surface area contributed by atoms with Gasteiger partial charge in [-0.3, -0.25) is 0 Å². The fraction of sp³-hybridized carbons (Fsp3) is 0.455. The lowest BCUT2D eigenvalue weighted by atomic mass is 10.1. The molecule has 0 aromatic carbocycles. The Bertz CT molecular complexity index is 377. The van der Waals surface area contributed by atoms with Crippen molar-refractivity contribution in [2.45, 2.75) is 18.9 Å². The molecule has 1 aromatic heterocycles. The van der Waals surface area contributed by atoms with Crippen LogP contribution in [0.5, 0.6) is 0 Å². The van der Waals surface area contributed by atoms with Crippen molar-refractivity contribution in [1.29, 1.82) is 0 Å². The summed E-state index contributed by atoms with van der Waals surface area (Å²) in [5.74, 6) is -0.422. The minimum Gasteiger partial charge on any atom is -0.457 e. The highest BCUT2D eigenvalue weighted by atomic mass is 35.5. The number of carbonyl (C=O) groups is 1. The van der Waals surface area contributed by atoms with Gasteiger partial charge in [0.1, 0.15) is 17.0 Å². The first kappa shape index (κ1) is 11.4. The lowest BCUT2D eigenvalue weighted by Crippen LogP contribution is -2.26. The molecule has 5 heteroatoms. The number of halogens is 1. The number of esters is 1. The smallest absolute Gasteiger partial charge is 0.357 e. The molecule has 1 fully saturated rings. The molecular formula is C11H12ClNO3. The zero-order chi connectivity index (χ0) is 11.4. The Labute approximate surface area is 98.5 Å². The second-order valence-corrected chi connectivity index (χ2v) is 3.95. The van der Waals surface area contributed by atoms with Crippen LogP contribution in [-0.2, 0) is 9.47 Å². The molecule has 0 N–H and O–H groups in total. The van der Waals surface area contributed by atoms with E-state index in [4.69, 9.17) is 21.1 Å². The van der Waals surface area contributed by atoms with Crippen molar-refractivity contribution in [3.8, 4) is 0 Å². The van der Waals surface area contributed by atoms with E-state index in [0.29, 0.717) is 18.4 Å². The normalized spacial score (nSPS) is 17.1. The highest BCUT2D eigenvalue weighted by molar-refractivity contribution is 6.29. The second kappa shape index (κ2) is 5.27. The quantitative estimate of drug-likeness (QED) is 0.588. The van der Waals surface area contributed by atoms with Gasteiger partial charge in [0.05, 0.1) is 13.2 Å². The molecule has 0 saturated carbocycles. The van der Waals surface area contributed by atoms with Crippen molar-refractivity contribution < 1.29 is 14.3 Å². The average Bonchev–Trinajstić information content (AvgIpc) is 2.30. The van der Waals surface area contributed by atoms with Crippen molar-refractivity contribution in [3.05, 3.63) is 29.0 Å². The molecule has 2 heterocycles. The highest BCUT2D eigenvalue weighted by Crippen LogP contribution is 2.13. The van der Waals surface area contributed by atoms with E-state index in [-0.39, 0.29) is 11.8 Å². The van der Waals surface area contributed by atoms with Gasteiger partial charge < -0.3 is 9.47 Å². The summed E-state index contributed by atoms with van der Waals surface area (Å²) < 4.78 is 10.5. The fourth-order valence-electron chi connectivity index (χ4n) is 1.53. The van der Waals surface area contributed by atoms with Crippen molar-refractivity contribution in [2.24, 2.45) is 0 Å². The molecule has 0 bridgehead atoms. The van der Waals surface area contributed by atoms with Crippen LogP contribution in [0.2, 0.25) is 5.15 Å². The van der Waals surface area contributed by atoms with E-state index in [0.717, 1.165) is 12.8 Å². The molecule has 0 atom stereocenters. The van der Waals surface area contributed by atoms with Crippen LogP contribution < -0.4 is 0 Å². The van der Waals surface area contributed by atoms with Crippen LogP contribution >= 0.6 is 11.6 Å². The summed E-state index contributed by atoms with van der Waals surface area (Å²) in [4.78, 5) is 15.6. The Morgan fingerprint density at radius 3 is 2.88 bits per heavy atom. The van der Waals surface area contributed by atoms with Crippen molar-refractivity contribution in [3.63, 3.8) is 0 Å². The lowest BCUT2D eigenvalue weighted by Gasteiger charge is -2.21. The van der Waals surface area contributed by atoms with Gasteiger partial charge in [0, 0.05) is 12.8 Å². The van der Waals surface area contributed by atoms with Gasteiger partial charge in [-0.05, 0) is 12.1 Å². The van der Waals surface area contributed by atoms with Crippen LogP contribution in [0.1, 0.15) is 23.3 Å². The van der Waals surface area contributed by atoms with Crippen LogP contribution in [0, 0.1) is 0 Å². The van der Waals surface area contributed by atoms with E-state index in [1.165, 1.54) is 0 Å². The predicted molar refractivity (Wildman–Crippen MR) is 58.5 cm³/mol. The van der Waals surface area contributed by atoms with E-state index in [9.17, 15) is 4.79 Å². The van der Waals surface area contributed by atoms with Crippen LogP contribution in [-0.4, -0.2) is 30.3 Å². The number of pyridine rings is 1. The number of rotatable bonds is 2. The van der Waals surface area contributed by atoms with E-state index in [1.54, 1.807) is 18.2 Å². The first-order valence-corrected chi connectivity index (χ1v) is 5.55. The molecule has 1 aliphatic heterocycles. The molecule has 0 spiro atoms. The maximum atomic E-state index is 11.7. The Morgan fingerprint density at radius 2 is 2.19 bits per heavy atom. The van der Waals surface area contributed by atoms with E-state index < -0.39 is 5.97 Å². The molecule has 0 aliphatic carbocycles. The van der Waals surface area contributed by atoms with Gasteiger partial charge in [-0.1, -0.05) is 17.7 Å². The lowest BCUT2D eigenvalue weighted by molar-refractivity contribution is -0.0163. The van der Waals surface area contributed by atoms with Gasteiger partial charge in [-0.25, -0.2) is 9.78 Å². The minimum absolute atomic E-state index is 0.0676. The number of hydrogen-bond donors (Lipinski definition) is 0. The maximum absolute atomic E-state index is 11.7. The third-order valence-electron chi connectivity index (χ3n) is 2.37. The Morgan fingerprint density at radius 1 is 1.44 bits per heavy atom. The van der Waals surface area contributed by atoms with Crippen LogP contribution in [0.3, 0.4) is 0 Å². The van der Waals surface area contributed by atoms with Crippen LogP contribution in [0.25, 0.3) is 0 Å². The van der Waals surface area contributed by atoms with Crippen molar-refractivity contribution in [2.75, 3.05) is 13.2 Å². The first-order valence-electron chi connectivity index (χ1n) is 5.17. The Hall–Kier alpha value is -1.13. The first-order chi connectivity index (χ1) is 7.75. The summed E-state index contributed by atoms with van der Waals surface area (Å²) in [6.07, 6.45) is 1.42. The van der Waals surface area contributed by atoms with Crippen molar-refractivity contribution >= 4 is 17.6 Å². The van der Waals surface area contributed by atoms with E-state index in [2.05, 4.69) is 4.98 Å². The van der Waals surface area contributed by atoms with Gasteiger partial charge >= 0.3 is 5.97 Å². The zero-order valence-electron chi connectivity index (χ0n) is 8.69. The molecule has 1 aliphatic rings. The molecule has 4 nitrogen and oxygen atoms in total. The van der Waals surface area contributed by atoms with Gasteiger partial charge in [0.25, 0.3) is 0 Å². The molecule has 86 valence electrons. The number of carbonyl (C=O) groups excluding carboxylic acids is 1. The largest absolute Gasteiger partial charge is 0.457 e. The Kier molecular flexibility index (Phi) is 3.74. The molecule has 0 amide bonds. The fourth-order valence-corrected chi connectivity index (χ4v) is 1.69. The minimum atomic E-state index is -0.422. The zero-order valence-corrected chi connectivity index (χ0v) is 9.44. The average molecular weight is 242 g/mol. The summed E-state index contributed by atoms with van der Waals surface area (Å²) >= 11 is 5.69. The number of ether oxygens (including phenoxy) is 2. The highest BCUT2D eigenvalue weighted by Gasteiger charge is 2.19. The van der Waals surface area contributed by atoms with Crippen molar-refractivity contribution in [1.82, 2.24) is 4.98 Å². The molecule has 16 heavy (non-hydrogen) atoms. The molecule has 1 saturated heterocycles. The summed E-state index contributed by atoms with van der Waals surface area (Å²) in [7, 11) is 0. The van der Waals surface area contributed by atoms with Crippen LogP contribution in [0.4, 0.5) is 0 Å². The summed E-state index contributed by atoms with van der Waals surface area (Å²) in [5.41, 5.74) is 0.249. The molecule has 1 aromatic rings. The topological polar surface area (TPSA) is 48.4 Å². The van der Waals surface area contributed by atoms with Gasteiger partial charge in [0.15, 0.2) is 0 Å². The summed E-state index contributed by atoms with van der Waals surface area (Å²) in [6.45, 7) is 1.28. The second-order valence-electron chi connectivity index (χ2n) is 3.56. The third kappa shape index (κ3) is 2.93. The predicted octanol–water partition coefficient (Wildman–Crippen LogP) is 2.07. The van der Waals surface area contributed by atoms with Gasteiger partial charge in [-0.15, -0.1) is 0 Å². The summed E-state index contributed by atoms with van der Waals surface area (Å²) in [6, 6.07) is 4.89. The van der Waals surface area contributed by atoms with E-state index in [1.807, 2.05) is 0 Å². The van der Waals surface area contributed by atoms with Gasteiger partial charge in [0.2, 0.25) is 0 Å². The third-order valence-corrected chi connectivity index (χ3v) is 2.58. The molecular weight excluding hydrogens is 230 g/mol. The SMILES string of the molecule is O=C(OC1CCOCC1)c1cccc(Cl)n1. The standard InChI is InChI=1S/C11H12ClNO3/c12-10-3-1-2-9(13-10)11(14)16-8-4-6-15-7-5-8/h1-3,8H,4-7H2. The summed E-state index contributed by atoms with van der Waals surface area (Å²) in [5, 5.41) is 0.293. The molecule has 0 unspecified atom stereocenters. The number of hydrogen-bond acceptors (Lipinski definition) is 4. The number of aromatic nitrogens is 1. The Balaban J connectivity index is 1.97. The molecule has 2 rings (SSSR count). The van der Waals surface area contributed by atoms with Crippen LogP contribution in [0.15, 0.2) is 18.2 Å². The van der Waals surface area contributed by atoms with E-state index >= 15 is 0 Å². The van der Waals surface area contributed by atoms with Gasteiger partial charge in [-0.2, -0.15) is 0 Å². The molecule has 0 radical (unpaired) electrons.